The Morgan fingerprint density at radius 3 is 2.48 bits per heavy atom. The maximum atomic E-state index is 12.9. The third-order valence-electron chi connectivity index (χ3n) is 6.89. The zero-order valence-corrected chi connectivity index (χ0v) is 20.2. The van der Waals surface area contributed by atoms with Crippen molar-refractivity contribution >= 4 is 43.5 Å². The molecule has 0 atom stereocenters. The molecule has 33 heavy (non-hydrogen) atoms. The number of hydrogen-bond acceptors (Lipinski definition) is 6. The summed E-state index contributed by atoms with van der Waals surface area (Å²) in [4.78, 5) is 14.9. The van der Waals surface area contributed by atoms with E-state index in [1.165, 1.54) is 46.9 Å². The standard InChI is InChI=1S/C25H28N4O2S2/c30-33(31,17-12-18-6-2-1-3-7-18)29-15-13-28(14-16-29)24-22-20-8-4-5-9-21(20)32-25(22)27-23(26-24)19-10-11-19/h1-3,6-7,12,17,19H,4-5,8-11,13-16H2/b17-12+. The molecule has 0 N–H and O–H groups in total. The third kappa shape index (κ3) is 4.20. The van der Waals surface area contributed by atoms with Crippen molar-refractivity contribution in [2.24, 2.45) is 0 Å². The van der Waals surface area contributed by atoms with Crippen LogP contribution in [0, 0.1) is 0 Å². The highest BCUT2D eigenvalue weighted by Crippen LogP contribution is 2.44. The minimum Gasteiger partial charge on any atom is -0.353 e. The van der Waals surface area contributed by atoms with E-state index in [0.717, 1.165) is 34.9 Å². The number of benzene rings is 1. The van der Waals surface area contributed by atoms with Crippen LogP contribution in [0.4, 0.5) is 5.82 Å². The number of rotatable bonds is 5. The highest BCUT2D eigenvalue weighted by atomic mass is 32.2. The van der Waals surface area contributed by atoms with Crippen molar-refractivity contribution < 1.29 is 8.42 Å². The largest absolute Gasteiger partial charge is 0.353 e. The monoisotopic (exact) mass is 480 g/mol. The quantitative estimate of drug-likeness (QED) is 0.535. The van der Waals surface area contributed by atoms with Crippen molar-refractivity contribution in [3.8, 4) is 0 Å². The van der Waals surface area contributed by atoms with Crippen molar-refractivity contribution in [3.63, 3.8) is 0 Å². The summed E-state index contributed by atoms with van der Waals surface area (Å²) < 4.78 is 27.4. The molecule has 3 aromatic rings. The third-order valence-corrected chi connectivity index (χ3v) is 9.64. The van der Waals surface area contributed by atoms with Crippen LogP contribution in [0.15, 0.2) is 35.7 Å². The average molecular weight is 481 g/mol. The Morgan fingerprint density at radius 1 is 0.970 bits per heavy atom. The number of aryl methyl sites for hydroxylation is 2. The highest BCUT2D eigenvalue weighted by Gasteiger charge is 2.32. The molecule has 3 aliphatic rings. The number of aromatic nitrogens is 2. The number of thiophene rings is 1. The van der Waals surface area contributed by atoms with Crippen LogP contribution < -0.4 is 4.90 Å². The van der Waals surface area contributed by atoms with Crippen LogP contribution in [0.2, 0.25) is 0 Å². The first-order valence-corrected chi connectivity index (χ1v) is 14.2. The van der Waals surface area contributed by atoms with E-state index in [9.17, 15) is 8.42 Å². The molecule has 3 heterocycles. The molecule has 6 nitrogen and oxygen atoms in total. The summed E-state index contributed by atoms with van der Waals surface area (Å²) in [7, 11) is -3.45. The van der Waals surface area contributed by atoms with E-state index in [4.69, 9.17) is 9.97 Å². The summed E-state index contributed by atoms with van der Waals surface area (Å²) in [6, 6.07) is 9.56. The molecule has 0 spiro atoms. The molecule has 0 unspecified atom stereocenters. The lowest BCUT2D eigenvalue weighted by molar-refractivity contribution is 0.389. The molecule has 2 aliphatic carbocycles. The first-order valence-electron chi connectivity index (χ1n) is 11.9. The van der Waals surface area contributed by atoms with Gasteiger partial charge in [-0.05, 0) is 55.7 Å². The molecule has 0 radical (unpaired) electrons. The highest BCUT2D eigenvalue weighted by molar-refractivity contribution is 7.92. The molecule has 6 rings (SSSR count). The number of fused-ring (bicyclic) bond motifs is 3. The number of anilines is 1. The second-order valence-electron chi connectivity index (χ2n) is 9.22. The Hall–Kier alpha value is -2.29. The fourth-order valence-corrected chi connectivity index (χ4v) is 7.31. The van der Waals surface area contributed by atoms with Crippen molar-refractivity contribution in [1.29, 1.82) is 0 Å². The molecule has 1 aliphatic heterocycles. The van der Waals surface area contributed by atoms with Gasteiger partial charge in [-0.3, -0.25) is 0 Å². The first-order chi connectivity index (χ1) is 16.1. The molecular formula is C25H28N4O2S2. The summed E-state index contributed by atoms with van der Waals surface area (Å²) in [6.45, 7) is 2.24. The molecule has 1 aromatic carbocycles. The number of sulfonamides is 1. The summed E-state index contributed by atoms with van der Waals surface area (Å²) in [5, 5.41) is 2.57. The second-order valence-corrected chi connectivity index (χ2v) is 12.1. The lowest BCUT2D eigenvalue weighted by Gasteiger charge is -2.34. The van der Waals surface area contributed by atoms with E-state index in [2.05, 4.69) is 4.90 Å². The number of nitrogens with zero attached hydrogens (tertiary/aromatic N) is 4. The topological polar surface area (TPSA) is 66.4 Å². The number of piperazine rings is 1. The van der Waals surface area contributed by atoms with Crippen LogP contribution in [0.1, 0.15) is 53.4 Å². The molecule has 0 bridgehead atoms. The molecule has 1 saturated carbocycles. The van der Waals surface area contributed by atoms with Gasteiger partial charge in [0.05, 0.1) is 5.39 Å². The van der Waals surface area contributed by atoms with Gasteiger partial charge < -0.3 is 4.90 Å². The van der Waals surface area contributed by atoms with E-state index in [-0.39, 0.29) is 0 Å². The van der Waals surface area contributed by atoms with E-state index in [0.29, 0.717) is 32.1 Å². The SMILES string of the molecule is O=S(=O)(/C=C/c1ccccc1)N1CCN(c2nc(C3CC3)nc3sc4c(c23)CCCC4)CC1. The summed E-state index contributed by atoms with van der Waals surface area (Å²) in [6.07, 6.45) is 8.76. The van der Waals surface area contributed by atoms with Crippen molar-refractivity contribution in [2.45, 2.75) is 44.4 Å². The minimum atomic E-state index is -3.45. The van der Waals surface area contributed by atoms with Crippen LogP contribution in [-0.4, -0.2) is 48.9 Å². The van der Waals surface area contributed by atoms with Gasteiger partial charge in [-0.15, -0.1) is 11.3 Å². The van der Waals surface area contributed by atoms with Gasteiger partial charge in [-0.25, -0.2) is 18.4 Å². The molecule has 1 saturated heterocycles. The Balaban J connectivity index is 1.26. The Kier molecular flexibility index (Phi) is 5.47. The molecule has 172 valence electrons. The first kappa shape index (κ1) is 21.3. The molecule has 8 heteroatoms. The van der Waals surface area contributed by atoms with E-state index >= 15 is 0 Å². The van der Waals surface area contributed by atoms with Crippen molar-refractivity contribution in [1.82, 2.24) is 14.3 Å². The normalized spacial score (nSPS) is 19.9. The van der Waals surface area contributed by atoms with Gasteiger partial charge >= 0.3 is 0 Å². The molecule has 0 amide bonds. The maximum absolute atomic E-state index is 12.9. The minimum absolute atomic E-state index is 0.470. The van der Waals surface area contributed by atoms with Crippen LogP contribution in [0.3, 0.4) is 0 Å². The van der Waals surface area contributed by atoms with Gasteiger partial charge in [0.15, 0.2) is 0 Å². The lowest BCUT2D eigenvalue weighted by atomic mass is 9.97. The van der Waals surface area contributed by atoms with E-state index in [1.54, 1.807) is 10.4 Å². The predicted molar refractivity (Wildman–Crippen MR) is 134 cm³/mol. The summed E-state index contributed by atoms with van der Waals surface area (Å²) in [5.74, 6) is 2.52. The van der Waals surface area contributed by atoms with Gasteiger partial charge in [0.25, 0.3) is 0 Å². The predicted octanol–water partition coefficient (Wildman–Crippen LogP) is 4.57. The molecular weight excluding hydrogens is 452 g/mol. The lowest BCUT2D eigenvalue weighted by Crippen LogP contribution is -2.48. The van der Waals surface area contributed by atoms with Crippen LogP contribution in [0.5, 0.6) is 0 Å². The van der Waals surface area contributed by atoms with E-state index in [1.807, 2.05) is 41.7 Å². The van der Waals surface area contributed by atoms with Gasteiger partial charge in [0.1, 0.15) is 16.5 Å². The average Bonchev–Trinajstić information content (AvgIpc) is 3.63. The van der Waals surface area contributed by atoms with Crippen LogP contribution in [-0.2, 0) is 22.9 Å². The van der Waals surface area contributed by atoms with Crippen LogP contribution >= 0.6 is 11.3 Å². The smallest absolute Gasteiger partial charge is 0.236 e. The fourth-order valence-electron chi connectivity index (χ4n) is 4.88. The second kappa shape index (κ2) is 8.49. The molecule has 2 fully saturated rings. The van der Waals surface area contributed by atoms with Gasteiger partial charge in [0.2, 0.25) is 10.0 Å². The number of hydrogen-bond donors (Lipinski definition) is 0. The Labute approximate surface area is 199 Å². The van der Waals surface area contributed by atoms with Crippen molar-refractivity contribution in [2.75, 3.05) is 31.1 Å². The van der Waals surface area contributed by atoms with E-state index < -0.39 is 10.0 Å². The summed E-state index contributed by atoms with van der Waals surface area (Å²) >= 11 is 1.85. The van der Waals surface area contributed by atoms with Gasteiger partial charge in [-0.2, -0.15) is 4.31 Å². The van der Waals surface area contributed by atoms with Crippen molar-refractivity contribution in [3.05, 3.63) is 57.6 Å². The Morgan fingerprint density at radius 2 is 1.73 bits per heavy atom. The van der Waals surface area contributed by atoms with Gasteiger partial charge in [0, 0.05) is 42.4 Å². The Bertz CT molecular complexity index is 1310. The summed E-state index contributed by atoms with van der Waals surface area (Å²) in [5.41, 5.74) is 2.33. The van der Waals surface area contributed by atoms with Crippen LogP contribution in [0.25, 0.3) is 16.3 Å². The maximum Gasteiger partial charge on any atom is 0.236 e. The fraction of sp³-hybridized carbons (Fsp3) is 0.440. The zero-order chi connectivity index (χ0) is 22.4. The zero-order valence-electron chi connectivity index (χ0n) is 18.6. The molecule has 2 aromatic heterocycles. The van der Waals surface area contributed by atoms with Gasteiger partial charge in [-0.1, -0.05) is 30.3 Å².